The van der Waals surface area contributed by atoms with Crippen LogP contribution in [-0.4, -0.2) is 37.6 Å². The third-order valence-corrected chi connectivity index (χ3v) is 6.08. The molecule has 0 bridgehead atoms. The predicted molar refractivity (Wildman–Crippen MR) is 76.7 cm³/mol. The lowest BCUT2D eigenvalue weighted by molar-refractivity contribution is 0.344. The highest BCUT2D eigenvalue weighted by atomic mass is 32.2. The molecule has 0 radical (unpaired) electrons. The molecule has 2 aliphatic rings. The zero-order chi connectivity index (χ0) is 14.0. The van der Waals surface area contributed by atoms with E-state index in [1.165, 1.54) is 0 Å². The smallest absolute Gasteiger partial charge is 0.215 e. The molecule has 1 saturated heterocycles. The second kappa shape index (κ2) is 5.87. The zero-order valence-corrected chi connectivity index (χ0v) is 12.4. The number of hydrogen-bond acceptors (Lipinski definition) is 4. The van der Waals surface area contributed by atoms with Crippen molar-refractivity contribution in [2.24, 2.45) is 5.92 Å². The van der Waals surface area contributed by atoms with Gasteiger partial charge in [-0.1, -0.05) is 0 Å². The first kappa shape index (κ1) is 14.1. The van der Waals surface area contributed by atoms with Crippen molar-refractivity contribution >= 4 is 10.0 Å². The number of furan rings is 1. The van der Waals surface area contributed by atoms with E-state index in [0.717, 1.165) is 44.5 Å². The Morgan fingerprint density at radius 1 is 1.35 bits per heavy atom. The highest BCUT2D eigenvalue weighted by Gasteiger charge is 2.38. The summed E-state index contributed by atoms with van der Waals surface area (Å²) in [7, 11) is -3.20. The Kier molecular flexibility index (Phi) is 4.14. The lowest BCUT2D eigenvalue weighted by atomic mass is 10.0. The van der Waals surface area contributed by atoms with Gasteiger partial charge >= 0.3 is 0 Å². The van der Waals surface area contributed by atoms with Gasteiger partial charge in [-0.15, -0.1) is 0 Å². The minimum Gasteiger partial charge on any atom is -0.468 e. The minimum atomic E-state index is -3.20. The highest BCUT2D eigenvalue weighted by Crippen LogP contribution is 2.32. The number of nitrogens with zero attached hydrogens (tertiary/aromatic N) is 1. The summed E-state index contributed by atoms with van der Waals surface area (Å²) in [5.74, 6) is 1.23. The Labute approximate surface area is 120 Å². The van der Waals surface area contributed by atoms with Gasteiger partial charge in [-0.3, -0.25) is 0 Å². The van der Waals surface area contributed by atoms with Crippen LogP contribution in [0.1, 0.15) is 31.4 Å². The molecule has 2 heterocycles. The third-order valence-electron chi connectivity index (χ3n) is 4.05. The number of sulfonamides is 1. The van der Waals surface area contributed by atoms with E-state index in [-0.39, 0.29) is 17.7 Å². The third kappa shape index (κ3) is 3.42. The summed E-state index contributed by atoms with van der Waals surface area (Å²) < 4.78 is 32.3. The molecule has 3 rings (SSSR count). The molecule has 0 amide bonds. The van der Waals surface area contributed by atoms with Crippen LogP contribution in [-0.2, 0) is 16.6 Å². The average molecular weight is 298 g/mol. The van der Waals surface area contributed by atoms with Crippen LogP contribution < -0.4 is 5.32 Å². The van der Waals surface area contributed by atoms with Crippen LogP contribution in [0.25, 0.3) is 0 Å². The van der Waals surface area contributed by atoms with E-state index >= 15 is 0 Å². The van der Waals surface area contributed by atoms with Gasteiger partial charge < -0.3 is 9.73 Å². The maximum Gasteiger partial charge on any atom is 0.215 e. The van der Waals surface area contributed by atoms with Crippen LogP contribution in [0.2, 0.25) is 0 Å². The van der Waals surface area contributed by atoms with Gasteiger partial charge in [0.1, 0.15) is 5.76 Å². The molecule has 1 saturated carbocycles. The van der Waals surface area contributed by atoms with Gasteiger partial charge in [-0.05, 0) is 56.8 Å². The molecule has 6 heteroatoms. The van der Waals surface area contributed by atoms with Crippen molar-refractivity contribution in [3.8, 4) is 0 Å². The quantitative estimate of drug-likeness (QED) is 0.866. The summed E-state index contributed by atoms with van der Waals surface area (Å²) >= 11 is 0. The van der Waals surface area contributed by atoms with Gasteiger partial charge in [0.2, 0.25) is 10.0 Å². The molecule has 1 atom stereocenters. The van der Waals surface area contributed by atoms with E-state index in [1.54, 1.807) is 16.6 Å². The fourth-order valence-electron chi connectivity index (χ4n) is 2.83. The maximum atomic E-state index is 12.7. The summed E-state index contributed by atoms with van der Waals surface area (Å²) in [6.07, 6.45) is 5.62. The minimum absolute atomic E-state index is 0.182. The van der Waals surface area contributed by atoms with E-state index in [4.69, 9.17) is 4.42 Å². The molecule has 1 aliphatic heterocycles. The highest BCUT2D eigenvalue weighted by molar-refractivity contribution is 7.89. The summed E-state index contributed by atoms with van der Waals surface area (Å²) in [5, 5.41) is 3.29. The molecule has 1 N–H and O–H groups in total. The van der Waals surface area contributed by atoms with Crippen molar-refractivity contribution in [1.29, 1.82) is 0 Å². The molecule has 20 heavy (non-hydrogen) atoms. The van der Waals surface area contributed by atoms with Gasteiger partial charge in [-0.2, -0.15) is 4.31 Å². The Morgan fingerprint density at radius 2 is 2.20 bits per heavy atom. The molecule has 1 aliphatic carbocycles. The topological polar surface area (TPSA) is 62.6 Å². The van der Waals surface area contributed by atoms with Crippen molar-refractivity contribution in [2.75, 3.05) is 18.8 Å². The normalized spacial score (nSPS) is 24.1. The molecule has 0 aromatic carbocycles. The van der Waals surface area contributed by atoms with E-state index in [1.807, 2.05) is 6.07 Å². The zero-order valence-electron chi connectivity index (χ0n) is 11.6. The largest absolute Gasteiger partial charge is 0.468 e. The van der Waals surface area contributed by atoms with Crippen molar-refractivity contribution in [3.63, 3.8) is 0 Å². The van der Waals surface area contributed by atoms with Crippen LogP contribution in [0.3, 0.4) is 0 Å². The monoisotopic (exact) mass is 298 g/mol. The van der Waals surface area contributed by atoms with Crippen molar-refractivity contribution in [1.82, 2.24) is 9.62 Å². The molecule has 1 aromatic heterocycles. The second-order valence-electron chi connectivity index (χ2n) is 5.85. The van der Waals surface area contributed by atoms with Crippen LogP contribution in [0.15, 0.2) is 22.8 Å². The second-order valence-corrected chi connectivity index (χ2v) is 7.81. The summed E-state index contributed by atoms with van der Waals surface area (Å²) in [6, 6.07) is 3.83. The Morgan fingerprint density at radius 3 is 2.80 bits per heavy atom. The molecular formula is C14H22N2O3S. The van der Waals surface area contributed by atoms with Crippen LogP contribution in [0.5, 0.6) is 0 Å². The first-order valence-electron chi connectivity index (χ1n) is 7.38. The molecule has 1 unspecified atom stereocenters. The lowest BCUT2D eigenvalue weighted by Crippen LogP contribution is -2.40. The van der Waals surface area contributed by atoms with Crippen molar-refractivity contribution < 1.29 is 12.8 Å². The molecule has 5 nitrogen and oxygen atoms in total. The van der Waals surface area contributed by atoms with E-state index < -0.39 is 10.0 Å². The fourth-order valence-corrected chi connectivity index (χ4v) is 4.89. The first-order chi connectivity index (χ1) is 9.65. The summed E-state index contributed by atoms with van der Waals surface area (Å²) in [6.45, 7) is 2.20. The Balaban J connectivity index is 1.68. The Hall–Kier alpha value is -0.850. The number of rotatable bonds is 6. The molecule has 2 fully saturated rings. The summed E-state index contributed by atoms with van der Waals surface area (Å²) in [4.78, 5) is 0. The number of nitrogens with one attached hydrogen (secondary N) is 1. The first-order valence-corrected chi connectivity index (χ1v) is 8.99. The predicted octanol–water partition coefficient (Wildman–Crippen LogP) is 1.57. The van der Waals surface area contributed by atoms with Gasteiger partial charge in [0.15, 0.2) is 0 Å². The summed E-state index contributed by atoms with van der Waals surface area (Å²) in [5.41, 5.74) is 0. The van der Waals surface area contributed by atoms with Crippen molar-refractivity contribution in [3.05, 3.63) is 24.2 Å². The average Bonchev–Trinajstić information content (AvgIpc) is 3.12. The van der Waals surface area contributed by atoms with Gasteiger partial charge in [-0.25, -0.2) is 8.42 Å². The molecule has 0 spiro atoms. The van der Waals surface area contributed by atoms with Crippen molar-refractivity contribution in [2.45, 2.75) is 38.3 Å². The van der Waals surface area contributed by atoms with E-state index in [9.17, 15) is 8.42 Å². The molecule has 1 aromatic rings. The van der Waals surface area contributed by atoms with Gasteiger partial charge in [0.25, 0.3) is 0 Å². The van der Waals surface area contributed by atoms with Crippen LogP contribution >= 0.6 is 0 Å². The number of hydrogen-bond donors (Lipinski definition) is 1. The van der Waals surface area contributed by atoms with E-state index in [0.29, 0.717) is 6.54 Å². The van der Waals surface area contributed by atoms with Gasteiger partial charge in [0, 0.05) is 6.04 Å². The molecule has 112 valence electrons. The fraction of sp³-hybridized carbons (Fsp3) is 0.714. The maximum absolute atomic E-state index is 12.7. The SMILES string of the molecule is O=S(=O)(CC1CCCNC1)N(Cc1ccco1)C1CC1. The number of piperidine rings is 1. The standard InChI is InChI=1S/C14H22N2O3S/c17-20(18,11-12-3-1-7-15-9-12)16(13-5-6-13)10-14-4-2-8-19-14/h2,4,8,12-13,15H,1,3,5-7,9-11H2. The van der Waals surface area contributed by atoms with Crippen LogP contribution in [0, 0.1) is 5.92 Å². The lowest BCUT2D eigenvalue weighted by Gasteiger charge is -2.27. The van der Waals surface area contributed by atoms with Crippen LogP contribution in [0.4, 0.5) is 0 Å². The molecular weight excluding hydrogens is 276 g/mol. The van der Waals surface area contributed by atoms with Gasteiger partial charge in [0.05, 0.1) is 18.6 Å². The Bertz CT molecular complexity index is 517. The van der Waals surface area contributed by atoms with E-state index in [2.05, 4.69) is 5.32 Å².